The van der Waals surface area contributed by atoms with Crippen LogP contribution in [0.25, 0.3) is 5.76 Å². The van der Waals surface area contributed by atoms with Gasteiger partial charge in [0.25, 0.3) is 11.7 Å². The van der Waals surface area contributed by atoms with E-state index in [2.05, 4.69) is 0 Å². The highest BCUT2D eigenvalue weighted by molar-refractivity contribution is 6.46. The van der Waals surface area contributed by atoms with Crippen LogP contribution in [0.4, 0.5) is 0 Å². The van der Waals surface area contributed by atoms with Gasteiger partial charge in [-0.25, -0.2) is 0 Å². The Hall–Kier alpha value is -4.26. The van der Waals surface area contributed by atoms with E-state index in [0.717, 1.165) is 17.5 Å². The van der Waals surface area contributed by atoms with E-state index in [1.807, 2.05) is 61.5 Å². The second kappa shape index (κ2) is 10.8. The zero-order valence-electron chi connectivity index (χ0n) is 20.7. The van der Waals surface area contributed by atoms with Crippen LogP contribution >= 0.6 is 0 Å². The summed E-state index contributed by atoms with van der Waals surface area (Å²) in [5.41, 5.74) is 2.21. The molecule has 5 rings (SSSR count). The first-order valence-electron chi connectivity index (χ1n) is 12.5. The summed E-state index contributed by atoms with van der Waals surface area (Å²) < 4.78 is 16.9. The summed E-state index contributed by atoms with van der Waals surface area (Å²) in [6.45, 7) is 3.80. The van der Waals surface area contributed by atoms with Crippen LogP contribution in [0.15, 0.2) is 78.4 Å². The van der Waals surface area contributed by atoms with Gasteiger partial charge < -0.3 is 24.2 Å². The minimum Gasteiger partial charge on any atom is -0.507 e. The lowest BCUT2D eigenvalue weighted by Crippen LogP contribution is -2.31. The van der Waals surface area contributed by atoms with Crippen LogP contribution in [0.1, 0.15) is 36.1 Å². The van der Waals surface area contributed by atoms with Gasteiger partial charge in [-0.05, 0) is 54.3 Å². The van der Waals surface area contributed by atoms with Gasteiger partial charge in [0.15, 0.2) is 11.5 Å². The lowest BCUT2D eigenvalue weighted by Gasteiger charge is -2.26. The number of aliphatic hydroxyl groups is 1. The molecule has 0 aromatic heterocycles. The molecule has 3 aromatic carbocycles. The highest BCUT2D eigenvalue weighted by Crippen LogP contribution is 2.41. The number of benzene rings is 3. The molecule has 1 atom stereocenters. The zero-order valence-corrected chi connectivity index (χ0v) is 20.7. The largest absolute Gasteiger partial charge is 0.507 e. The third-order valence-corrected chi connectivity index (χ3v) is 6.51. The highest BCUT2D eigenvalue weighted by Gasteiger charge is 2.46. The minimum absolute atomic E-state index is 0.0527. The van der Waals surface area contributed by atoms with E-state index < -0.39 is 17.7 Å². The molecule has 0 spiro atoms. The Morgan fingerprint density at radius 2 is 1.70 bits per heavy atom. The fraction of sp³-hybridized carbons (Fsp3) is 0.267. The van der Waals surface area contributed by atoms with Crippen LogP contribution in [-0.4, -0.2) is 48.1 Å². The lowest BCUT2D eigenvalue weighted by molar-refractivity contribution is -0.139. The Balaban J connectivity index is 1.54. The summed E-state index contributed by atoms with van der Waals surface area (Å²) in [4.78, 5) is 28.1. The number of nitrogens with zero attached hydrogens (tertiary/aromatic N) is 1. The van der Waals surface area contributed by atoms with Crippen LogP contribution in [0, 0.1) is 0 Å². The number of hydrogen-bond donors (Lipinski definition) is 1. The average Bonchev–Trinajstić information content (AvgIpc) is 3.20. The molecule has 0 radical (unpaired) electrons. The Morgan fingerprint density at radius 1 is 0.973 bits per heavy atom. The number of carbonyl (C=O) groups excluding carboxylic acids is 2. The van der Waals surface area contributed by atoms with Gasteiger partial charge >= 0.3 is 0 Å². The topological polar surface area (TPSA) is 85.3 Å². The predicted octanol–water partition coefficient (Wildman–Crippen LogP) is 4.91. The molecule has 1 amide bonds. The van der Waals surface area contributed by atoms with Crippen molar-refractivity contribution in [3.63, 3.8) is 0 Å². The van der Waals surface area contributed by atoms with Crippen molar-refractivity contribution in [3.8, 4) is 17.2 Å². The fourth-order valence-corrected chi connectivity index (χ4v) is 4.66. The smallest absolute Gasteiger partial charge is 0.295 e. The minimum atomic E-state index is -0.739. The van der Waals surface area contributed by atoms with Gasteiger partial charge in [0.2, 0.25) is 0 Å². The molecule has 7 nitrogen and oxygen atoms in total. The molecule has 1 fully saturated rings. The molecule has 190 valence electrons. The maximum atomic E-state index is 13.3. The van der Waals surface area contributed by atoms with Crippen LogP contribution in [-0.2, 0) is 16.0 Å². The fourth-order valence-electron chi connectivity index (χ4n) is 4.66. The van der Waals surface area contributed by atoms with Crippen molar-refractivity contribution in [2.75, 3.05) is 26.4 Å². The van der Waals surface area contributed by atoms with Crippen molar-refractivity contribution in [1.82, 2.24) is 4.90 Å². The van der Waals surface area contributed by atoms with E-state index in [1.54, 1.807) is 23.1 Å². The number of fused-ring (bicyclic) bond motifs is 1. The van der Waals surface area contributed by atoms with Crippen molar-refractivity contribution in [3.05, 3.63) is 95.1 Å². The molecule has 0 saturated carbocycles. The van der Waals surface area contributed by atoms with Crippen molar-refractivity contribution < 1.29 is 28.9 Å². The number of Topliss-reactive ketones (excluding diaryl/α,β-unsaturated/α-hetero) is 1. The monoisotopic (exact) mass is 499 g/mol. The number of carbonyl (C=O) groups is 2. The van der Waals surface area contributed by atoms with Crippen molar-refractivity contribution >= 4 is 17.4 Å². The first-order chi connectivity index (χ1) is 18.1. The molecule has 2 aliphatic rings. The second-order valence-corrected chi connectivity index (χ2v) is 9.00. The average molecular weight is 500 g/mol. The van der Waals surface area contributed by atoms with Gasteiger partial charge in [-0.1, -0.05) is 49.4 Å². The Labute approximate surface area is 215 Å². The van der Waals surface area contributed by atoms with Gasteiger partial charge in [-0.3, -0.25) is 9.59 Å². The predicted molar refractivity (Wildman–Crippen MR) is 139 cm³/mol. The first kappa shape index (κ1) is 24.4. The van der Waals surface area contributed by atoms with Gasteiger partial charge in [0.1, 0.15) is 24.7 Å². The van der Waals surface area contributed by atoms with E-state index in [4.69, 9.17) is 14.2 Å². The third-order valence-electron chi connectivity index (χ3n) is 6.51. The summed E-state index contributed by atoms with van der Waals surface area (Å²) >= 11 is 0. The summed E-state index contributed by atoms with van der Waals surface area (Å²) in [5.74, 6) is 0.184. The third kappa shape index (κ3) is 5.03. The van der Waals surface area contributed by atoms with Crippen molar-refractivity contribution in [2.45, 2.75) is 25.8 Å². The van der Waals surface area contributed by atoms with Gasteiger partial charge in [0.05, 0.1) is 18.2 Å². The number of ether oxygens (including phenoxy) is 3. The van der Waals surface area contributed by atoms with Crippen molar-refractivity contribution in [1.29, 1.82) is 0 Å². The Morgan fingerprint density at radius 3 is 2.43 bits per heavy atom. The molecule has 1 N–H and O–H groups in total. The summed E-state index contributed by atoms with van der Waals surface area (Å²) in [6.07, 6.45) is 1.46. The molecule has 2 heterocycles. The summed E-state index contributed by atoms with van der Waals surface area (Å²) in [6, 6.07) is 21.4. The van der Waals surface area contributed by atoms with Crippen molar-refractivity contribution in [2.24, 2.45) is 0 Å². The number of hydrogen-bond acceptors (Lipinski definition) is 6. The molecular formula is C30H29NO6. The number of aliphatic hydroxyl groups excluding tert-OH is 1. The number of likely N-dealkylation sites (tertiary alicyclic amines) is 1. The van der Waals surface area contributed by atoms with Gasteiger partial charge in [-0.15, -0.1) is 0 Å². The molecule has 3 aromatic rings. The molecule has 37 heavy (non-hydrogen) atoms. The van der Waals surface area contributed by atoms with Gasteiger partial charge in [0, 0.05) is 12.1 Å². The molecule has 2 aliphatic heterocycles. The molecular weight excluding hydrogens is 470 g/mol. The standard InChI is InChI=1S/C30H29NO6/c1-2-16-35-23-11-8-21(9-12-23)27-26(28(32)22-10-13-24-25(19-22)37-18-17-36-24)29(33)30(34)31(27)15-14-20-6-4-3-5-7-20/h3-13,19,27,32H,2,14-18H2,1H3/t27-/m1/s1. The van der Waals surface area contributed by atoms with E-state index in [0.29, 0.717) is 55.6 Å². The van der Waals surface area contributed by atoms with Crippen LogP contribution in [0.2, 0.25) is 0 Å². The zero-order chi connectivity index (χ0) is 25.8. The maximum absolute atomic E-state index is 13.3. The van der Waals surface area contributed by atoms with E-state index >= 15 is 0 Å². The number of rotatable bonds is 8. The molecule has 0 aliphatic carbocycles. The first-order valence-corrected chi connectivity index (χ1v) is 12.5. The summed E-state index contributed by atoms with van der Waals surface area (Å²) in [5, 5.41) is 11.4. The van der Waals surface area contributed by atoms with E-state index in [1.165, 1.54) is 0 Å². The second-order valence-electron chi connectivity index (χ2n) is 9.00. The highest BCUT2D eigenvalue weighted by atomic mass is 16.6. The molecule has 1 saturated heterocycles. The van der Waals surface area contributed by atoms with E-state index in [9.17, 15) is 14.7 Å². The Bertz CT molecular complexity index is 1320. The van der Waals surface area contributed by atoms with E-state index in [-0.39, 0.29) is 11.3 Å². The lowest BCUT2D eigenvalue weighted by atomic mass is 9.95. The molecule has 0 bridgehead atoms. The van der Waals surface area contributed by atoms with Crippen LogP contribution in [0.3, 0.4) is 0 Å². The van der Waals surface area contributed by atoms with Gasteiger partial charge in [-0.2, -0.15) is 0 Å². The molecule has 7 heteroatoms. The SMILES string of the molecule is CCCOc1ccc([C@@H]2C(=C(O)c3ccc4c(c3)OCCO4)C(=O)C(=O)N2CCc2ccccc2)cc1. The van der Waals surface area contributed by atoms with Crippen LogP contribution < -0.4 is 14.2 Å². The maximum Gasteiger partial charge on any atom is 0.295 e. The number of ketones is 1. The quantitative estimate of drug-likeness (QED) is 0.269. The number of amides is 1. The summed E-state index contributed by atoms with van der Waals surface area (Å²) in [7, 11) is 0. The normalized spacial score (nSPS) is 18.2. The van der Waals surface area contributed by atoms with Crippen LogP contribution in [0.5, 0.6) is 17.2 Å². The molecule has 0 unspecified atom stereocenters. The Kier molecular flexibility index (Phi) is 7.12.